The van der Waals surface area contributed by atoms with Crippen molar-refractivity contribution >= 4 is 49.0 Å². The Bertz CT molecular complexity index is 1140. The topological polar surface area (TPSA) is 65.7 Å². The van der Waals surface area contributed by atoms with Crippen LogP contribution in [-0.4, -0.2) is 29.6 Å². The fourth-order valence-electron chi connectivity index (χ4n) is 3.03. The molecule has 0 saturated heterocycles. The number of methoxy groups -OCH3 is 1. The van der Waals surface area contributed by atoms with Crippen LogP contribution in [0.25, 0.3) is 10.9 Å². The van der Waals surface area contributed by atoms with Crippen LogP contribution in [0.1, 0.15) is 38.1 Å². The van der Waals surface area contributed by atoms with Crippen LogP contribution in [-0.2, 0) is 6.42 Å². The van der Waals surface area contributed by atoms with Crippen molar-refractivity contribution in [1.82, 2.24) is 9.66 Å². The highest BCUT2D eigenvalue weighted by Crippen LogP contribution is 2.36. The van der Waals surface area contributed by atoms with Crippen LogP contribution in [0.4, 0.5) is 0 Å². The van der Waals surface area contributed by atoms with Gasteiger partial charge < -0.3 is 9.47 Å². The lowest BCUT2D eigenvalue weighted by Crippen LogP contribution is -2.22. The number of rotatable bonds is 8. The monoisotopic (exact) mass is 535 g/mol. The summed E-state index contributed by atoms with van der Waals surface area (Å²) in [6, 6.07) is 9.20. The maximum atomic E-state index is 13.1. The Kier molecular flexibility index (Phi) is 7.66. The lowest BCUT2D eigenvalue weighted by molar-refractivity contribution is 0.309. The third-order valence-corrected chi connectivity index (χ3v) is 5.57. The van der Waals surface area contributed by atoms with Crippen molar-refractivity contribution < 1.29 is 9.47 Å². The molecule has 0 atom stereocenters. The van der Waals surface area contributed by atoms with Crippen LogP contribution in [0.3, 0.4) is 0 Å². The summed E-state index contributed by atoms with van der Waals surface area (Å²) < 4.78 is 14.0. The molecule has 3 aromatic rings. The second kappa shape index (κ2) is 10.2. The van der Waals surface area contributed by atoms with Gasteiger partial charge in [-0.3, -0.25) is 4.79 Å². The molecule has 0 spiro atoms. The number of fused-ring (bicyclic) bond motifs is 1. The predicted octanol–water partition coefficient (Wildman–Crippen LogP) is 5.55. The summed E-state index contributed by atoms with van der Waals surface area (Å²) in [5.74, 6) is 1.87. The number of unbranched alkanes of at least 4 members (excludes halogenated alkanes) is 1. The number of halogens is 2. The molecule has 0 aliphatic heterocycles. The number of benzene rings is 2. The van der Waals surface area contributed by atoms with Gasteiger partial charge in [-0.25, -0.2) is 4.98 Å². The van der Waals surface area contributed by atoms with Gasteiger partial charge in [0.15, 0.2) is 11.5 Å². The second-order valence-corrected chi connectivity index (χ2v) is 8.39. The first-order valence-electron chi connectivity index (χ1n) is 9.74. The average molecular weight is 537 g/mol. The minimum atomic E-state index is -0.194. The van der Waals surface area contributed by atoms with E-state index in [1.165, 1.54) is 4.68 Å². The van der Waals surface area contributed by atoms with Gasteiger partial charge in [0.25, 0.3) is 5.56 Å². The largest absolute Gasteiger partial charge is 0.493 e. The Labute approximate surface area is 192 Å². The molecule has 0 saturated carbocycles. The highest BCUT2D eigenvalue weighted by Gasteiger charge is 2.13. The molecule has 0 amide bonds. The van der Waals surface area contributed by atoms with E-state index in [1.807, 2.05) is 31.2 Å². The van der Waals surface area contributed by atoms with E-state index < -0.39 is 0 Å². The second-order valence-electron chi connectivity index (χ2n) is 6.62. The highest BCUT2D eigenvalue weighted by molar-refractivity contribution is 9.10. The molecule has 0 N–H and O–H groups in total. The van der Waals surface area contributed by atoms with E-state index in [1.54, 1.807) is 19.4 Å². The zero-order valence-electron chi connectivity index (χ0n) is 17.1. The third kappa shape index (κ3) is 4.92. The highest BCUT2D eigenvalue weighted by atomic mass is 79.9. The normalized spacial score (nSPS) is 11.4. The first-order chi connectivity index (χ1) is 14.5. The van der Waals surface area contributed by atoms with E-state index in [4.69, 9.17) is 14.5 Å². The Hall–Kier alpha value is -2.19. The Balaban J connectivity index is 2.09. The molecule has 6 nitrogen and oxygen atoms in total. The van der Waals surface area contributed by atoms with Gasteiger partial charge in [0.05, 0.1) is 35.3 Å². The Morgan fingerprint density at radius 3 is 2.70 bits per heavy atom. The molecule has 0 fully saturated rings. The van der Waals surface area contributed by atoms with Crippen molar-refractivity contribution in [3.63, 3.8) is 0 Å². The molecule has 1 aromatic heterocycles. The first kappa shape index (κ1) is 22.5. The summed E-state index contributed by atoms with van der Waals surface area (Å²) >= 11 is 6.94. The quantitative estimate of drug-likeness (QED) is 0.354. The van der Waals surface area contributed by atoms with Crippen LogP contribution in [0.5, 0.6) is 11.5 Å². The lowest BCUT2D eigenvalue weighted by Gasteiger charge is -2.12. The molecule has 0 radical (unpaired) electrons. The van der Waals surface area contributed by atoms with Crippen molar-refractivity contribution in [3.8, 4) is 11.5 Å². The summed E-state index contributed by atoms with van der Waals surface area (Å²) in [4.78, 5) is 17.8. The van der Waals surface area contributed by atoms with Gasteiger partial charge >= 0.3 is 0 Å². The molecule has 1 heterocycles. The van der Waals surface area contributed by atoms with Gasteiger partial charge in [-0.05, 0) is 65.2 Å². The SMILES string of the molecule is CCCCc1nc2ccc(Br)cc2c(=O)n1N=Cc1cc(Br)c(OCC)c(OC)c1. The summed E-state index contributed by atoms with van der Waals surface area (Å²) in [5.41, 5.74) is 1.25. The molecule has 0 aliphatic rings. The number of hydrogen-bond donors (Lipinski definition) is 0. The average Bonchev–Trinajstić information content (AvgIpc) is 2.73. The number of ether oxygens (including phenoxy) is 2. The Morgan fingerprint density at radius 1 is 1.20 bits per heavy atom. The molecule has 0 bridgehead atoms. The molecule has 30 heavy (non-hydrogen) atoms. The maximum absolute atomic E-state index is 13.1. The van der Waals surface area contributed by atoms with Crippen LogP contribution in [0, 0.1) is 0 Å². The molecule has 3 rings (SSSR count). The van der Waals surface area contributed by atoms with Crippen molar-refractivity contribution in [2.24, 2.45) is 5.10 Å². The fraction of sp³-hybridized carbons (Fsp3) is 0.318. The smallest absolute Gasteiger partial charge is 0.282 e. The van der Waals surface area contributed by atoms with Crippen molar-refractivity contribution in [2.45, 2.75) is 33.1 Å². The lowest BCUT2D eigenvalue weighted by atomic mass is 10.2. The number of aryl methyl sites for hydroxylation is 1. The van der Waals surface area contributed by atoms with Gasteiger partial charge in [-0.2, -0.15) is 9.78 Å². The van der Waals surface area contributed by atoms with Crippen LogP contribution < -0.4 is 15.0 Å². The van der Waals surface area contributed by atoms with Crippen molar-refractivity contribution in [3.05, 3.63) is 61.0 Å². The van der Waals surface area contributed by atoms with Gasteiger partial charge in [0.1, 0.15) is 5.82 Å². The fourth-order valence-corrected chi connectivity index (χ4v) is 3.97. The molecule has 158 valence electrons. The van der Waals surface area contributed by atoms with E-state index in [2.05, 4.69) is 43.9 Å². The molecular weight excluding hydrogens is 514 g/mol. The van der Waals surface area contributed by atoms with E-state index in [-0.39, 0.29) is 5.56 Å². The number of hydrogen-bond acceptors (Lipinski definition) is 5. The van der Waals surface area contributed by atoms with Gasteiger partial charge in [0.2, 0.25) is 0 Å². The van der Waals surface area contributed by atoms with Gasteiger partial charge in [-0.1, -0.05) is 29.3 Å². The standard InChI is InChI=1S/C22H23Br2N3O3/c1-4-6-7-20-26-18-9-8-15(23)12-16(18)22(28)27(20)25-13-14-10-17(24)21(30-5-2)19(11-14)29-3/h8-13H,4-7H2,1-3H3. The number of aromatic nitrogens is 2. The van der Waals surface area contributed by atoms with Crippen LogP contribution in [0.2, 0.25) is 0 Å². The summed E-state index contributed by atoms with van der Waals surface area (Å²) in [6.45, 7) is 4.54. The van der Waals surface area contributed by atoms with Gasteiger partial charge in [-0.15, -0.1) is 0 Å². The minimum Gasteiger partial charge on any atom is -0.493 e. The number of nitrogens with zero attached hydrogens (tertiary/aromatic N) is 3. The van der Waals surface area contributed by atoms with E-state index >= 15 is 0 Å². The zero-order valence-corrected chi connectivity index (χ0v) is 20.3. The maximum Gasteiger partial charge on any atom is 0.282 e. The Morgan fingerprint density at radius 2 is 2.00 bits per heavy atom. The summed E-state index contributed by atoms with van der Waals surface area (Å²) in [6.07, 6.45) is 4.23. The predicted molar refractivity (Wildman–Crippen MR) is 127 cm³/mol. The zero-order chi connectivity index (χ0) is 21.7. The molecule has 0 unspecified atom stereocenters. The van der Waals surface area contributed by atoms with E-state index in [0.29, 0.717) is 41.3 Å². The minimum absolute atomic E-state index is 0.194. The molecule has 2 aromatic carbocycles. The molecular formula is C22H23Br2N3O3. The van der Waals surface area contributed by atoms with Crippen molar-refractivity contribution in [1.29, 1.82) is 0 Å². The van der Waals surface area contributed by atoms with E-state index in [0.717, 1.165) is 27.4 Å². The first-order valence-corrected chi connectivity index (χ1v) is 11.3. The summed E-state index contributed by atoms with van der Waals surface area (Å²) in [5, 5.41) is 5.01. The molecule has 8 heteroatoms. The van der Waals surface area contributed by atoms with Crippen LogP contribution >= 0.6 is 31.9 Å². The summed E-state index contributed by atoms with van der Waals surface area (Å²) in [7, 11) is 1.59. The molecule has 0 aliphatic carbocycles. The third-order valence-electron chi connectivity index (χ3n) is 4.49. The van der Waals surface area contributed by atoms with Crippen molar-refractivity contribution in [2.75, 3.05) is 13.7 Å². The van der Waals surface area contributed by atoms with Gasteiger partial charge in [0, 0.05) is 10.9 Å². The van der Waals surface area contributed by atoms with Crippen LogP contribution in [0.15, 0.2) is 49.2 Å². The van der Waals surface area contributed by atoms with E-state index in [9.17, 15) is 4.79 Å².